The molecule has 6 nitrogen and oxygen atoms in total. The van der Waals surface area contributed by atoms with Gasteiger partial charge in [0.05, 0.1) is 18.4 Å². The van der Waals surface area contributed by atoms with Gasteiger partial charge in [-0.3, -0.25) is 0 Å². The van der Waals surface area contributed by atoms with Crippen molar-refractivity contribution in [3.8, 4) is 11.8 Å². The molecule has 0 spiro atoms. The maximum atomic E-state index is 12.6. The van der Waals surface area contributed by atoms with Gasteiger partial charge in [0.15, 0.2) is 6.10 Å². The summed E-state index contributed by atoms with van der Waals surface area (Å²) in [5, 5.41) is 9.61. The summed E-state index contributed by atoms with van der Waals surface area (Å²) in [6.45, 7) is 0.251. The first-order chi connectivity index (χ1) is 13.2. The van der Waals surface area contributed by atoms with Crippen molar-refractivity contribution >= 4 is 28.6 Å². The second-order valence-electron chi connectivity index (χ2n) is 5.69. The number of halogens is 1. The van der Waals surface area contributed by atoms with E-state index in [1.54, 1.807) is 47.6 Å². The van der Waals surface area contributed by atoms with Crippen LogP contribution in [0.4, 0.5) is 0 Å². The van der Waals surface area contributed by atoms with Crippen LogP contribution in [-0.4, -0.2) is 27.7 Å². The van der Waals surface area contributed by atoms with Crippen LogP contribution in [0.2, 0.25) is 0 Å². The van der Waals surface area contributed by atoms with Crippen molar-refractivity contribution in [3.05, 3.63) is 82.5 Å². The minimum atomic E-state index is -0.970. The summed E-state index contributed by atoms with van der Waals surface area (Å²) in [5.74, 6) is 0.0263. The minimum Gasteiger partial charge on any atom is -0.472 e. The predicted octanol–water partition coefficient (Wildman–Crippen LogP) is 3.68. The average molecular weight is 473 g/mol. The fourth-order valence-corrected chi connectivity index (χ4v) is 2.78. The van der Waals surface area contributed by atoms with E-state index >= 15 is 0 Å². The van der Waals surface area contributed by atoms with Gasteiger partial charge in [-0.15, -0.1) is 0 Å². The lowest BCUT2D eigenvalue weighted by Gasteiger charge is -2.23. The molecule has 0 aliphatic heterocycles. The molecule has 3 rings (SSSR count). The fraction of sp³-hybridized carbons (Fsp3) is 0.150. The van der Waals surface area contributed by atoms with Crippen molar-refractivity contribution in [1.82, 2.24) is 9.55 Å². The number of benzene rings is 2. The van der Waals surface area contributed by atoms with Crippen molar-refractivity contribution in [1.29, 1.82) is 5.26 Å². The highest BCUT2D eigenvalue weighted by atomic mass is 127. The summed E-state index contributed by atoms with van der Waals surface area (Å²) in [5.41, 5.74) is 0.419. The van der Waals surface area contributed by atoms with Crippen molar-refractivity contribution in [2.45, 2.75) is 18.8 Å². The van der Waals surface area contributed by atoms with Gasteiger partial charge < -0.3 is 14.0 Å². The van der Waals surface area contributed by atoms with Gasteiger partial charge in [0.2, 0.25) is 6.10 Å². The molecule has 2 aromatic carbocycles. The van der Waals surface area contributed by atoms with Crippen LogP contribution in [0.1, 0.15) is 10.4 Å². The number of rotatable bonds is 7. The Kier molecular flexibility index (Phi) is 6.44. The van der Waals surface area contributed by atoms with Crippen LogP contribution in [-0.2, 0) is 11.3 Å². The summed E-state index contributed by atoms with van der Waals surface area (Å²) in [7, 11) is 0. The molecule has 1 heterocycles. The largest absolute Gasteiger partial charge is 0.472 e. The highest BCUT2D eigenvalue weighted by molar-refractivity contribution is 14.1. The molecule has 27 heavy (non-hydrogen) atoms. The van der Waals surface area contributed by atoms with Gasteiger partial charge in [-0.2, -0.15) is 5.26 Å². The first-order valence-electron chi connectivity index (χ1n) is 8.19. The number of esters is 1. The van der Waals surface area contributed by atoms with Crippen molar-refractivity contribution in [2.24, 2.45) is 0 Å². The molecule has 7 heteroatoms. The Balaban J connectivity index is 1.79. The maximum absolute atomic E-state index is 12.6. The Morgan fingerprint density at radius 3 is 2.56 bits per heavy atom. The van der Waals surface area contributed by atoms with Crippen molar-refractivity contribution < 1.29 is 14.3 Å². The number of para-hydroxylation sites is 1. The third kappa shape index (κ3) is 5.31. The van der Waals surface area contributed by atoms with E-state index in [-0.39, 0.29) is 6.54 Å². The molecule has 0 N–H and O–H groups in total. The summed E-state index contributed by atoms with van der Waals surface area (Å²) in [6, 6.07) is 18.1. The first kappa shape index (κ1) is 18.9. The molecule has 0 aliphatic rings. The Labute approximate surface area is 170 Å². The van der Waals surface area contributed by atoms with E-state index in [4.69, 9.17) is 9.47 Å². The molecule has 0 radical (unpaired) electrons. The molecule has 2 unspecified atom stereocenters. The number of aromatic nitrogens is 2. The van der Waals surface area contributed by atoms with Gasteiger partial charge in [0.25, 0.3) is 0 Å². The van der Waals surface area contributed by atoms with Crippen LogP contribution in [0.5, 0.6) is 5.75 Å². The summed E-state index contributed by atoms with van der Waals surface area (Å²) < 4.78 is 14.2. The molecule has 0 amide bonds. The highest BCUT2D eigenvalue weighted by Gasteiger charge is 2.28. The smallest absolute Gasteiger partial charge is 0.338 e. The second kappa shape index (κ2) is 9.19. The summed E-state index contributed by atoms with van der Waals surface area (Å²) in [4.78, 5) is 16.5. The number of nitrogens with zero attached hydrogens (tertiary/aromatic N) is 3. The van der Waals surface area contributed by atoms with Crippen molar-refractivity contribution in [3.63, 3.8) is 0 Å². The number of carbonyl (C=O) groups is 1. The Morgan fingerprint density at radius 1 is 1.19 bits per heavy atom. The van der Waals surface area contributed by atoms with Gasteiger partial charge in [0, 0.05) is 16.0 Å². The Hall–Kier alpha value is -2.86. The number of hydrogen-bond donors (Lipinski definition) is 0. The molecule has 136 valence electrons. The molecule has 0 saturated carbocycles. The quantitative estimate of drug-likeness (QED) is 0.387. The standard InChI is InChI=1S/C20H16IN3O3/c21-16-8-6-15(7-9-16)20(25)27-19(13-24-11-10-23-14-24)18(12-22)26-17-4-2-1-3-5-17/h1-11,14,18-19H,13H2. The van der Waals surface area contributed by atoms with Gasteiger partial charge in [-0.25, -0.2) is 9.78 Å². The van der Waals surface area contributed by atoms with Crippen molar-refractivity contribution in [2.75, 3.05) is 0 Å². The molecule has 1 aromatic heterocycles. The Bertz CT molecular complexity index is 906. The zero-order valence-corrected chi connectivity index (χ0v) is 16.4. The third-order valence-electron chi connectivity index (χ3n) is 3.76. The van der Waals surface area contributed by atoms with Crippen LogP contribution >= 0.6 is 22.6 Å². The van der Waals surface area contributed by atoms with Crippen LogP contribution in [0.3, 0.4) is 0 Å². The third-order valence-corrected chi connectivity index (χ3v) is 4.48. The van der Waals surface area contributed by atoms with E-state index in [2.05, 4.69) is 33.6 Å². The van der Waals surface area contributed by atoms with E-state index in [1.165, 1.54) is 0 Å². The molecular formula is C20H16IN3O3. The normalized spacial score (nSPS) is 12.6. The number of nitriles is 1. The second-order valence-corrected chi connectivity index (χ2v) is 6.94. The van der Waals surface area contributed by atoms with Crippen LogP contribution < -0.4 is 4.74 Å². The molecule has 2 atom stereocenters. The van der Waals surface area contributed by atoms with Gasteiger partial charge >= 0.3 is 5.97 Å². The van der Waals surface area contributed by atoms with E-state index in [0.29, 0.717) is 11.3 Å². The lowest BCUT2D eigenvalue weighted by Crippen LogP contribution is -2.38. The average Bonchev–Trinajstić information content (AvgIpc) is 3.20. The molecule has 0 fully saturated rings. The molecule has 0 aliphatic carbocycles. The maximum Gasteiger partial charge on any atom is 0.338 e. The molecule has 3 aromatic rings. The SMILES string of the molecule is N#CC(Oc1ccccc1)C(Cn1ccnc1)OC(=O)c1ccc(I)cc1. The van der Waals surface area contributed by atoms with Crippen LogP contribution in [0.15, 0.2) is 73.3 Å². The van der Waals surface area contributed by atoms with Gasteiger partial charge in [0.1, 0.15) is 11.8 Å². The van der Waals surface area contributed by atoms with E-state index in [0.717, 1.165) is 3.57 Å². The minimum absolute atomic E-state index is 0.251. The van der Waals surface area contributed by atoms with Gasteiger partial charge in [-0.05, 0) is 59.0 Å². The fourth-order valence-electron chi connectivity index (χ4n) is 2.42. The van der Waals surface area contributed by atoms with E-state index in [9.17, 15) is 10.1 Å². The highest BCUT2D eigenvalue weighted by Crippen LogP contribution is 2.17. The Morgan fingerprint density at radius 2 is 1.93 bits per heavy atom. The lowest BCUT2D eigenvalue weighted by molar-refractivity contribution is -0.00164. The van der Waals surface area contributed by atoms with Gasteiger partial charge in [-0.1, -0.05) is 18.2 Å². The lowest BCUT2D eigenvalue weighted by atomic mass is 10.2. The number of carbonyl (C=O) groups excluding carboxylic acids is 1. The monoisotopic (exact) mass is 473 g/mol. The van der Waals surface area contributed by atoms with Crippen LogP contribution in [0.25, 0.3) is 0 Å². The number of imidazole rings is 1. The topological polar surface area (TPSA) is 77.1 Å². The number of hydrogen-bond acceptors (Lipinski definition) is 5. The molecule has 0 bridgehead atoms. The first-order valence-corrected chi connectivity index (χ1v) is 9.27. The predicted molar refractivity (Wildman–Crippen MR) is 107 cm³/mol. The zero-order chi connectivity index (χ0) is 19.1. The zero-order valence-electron chi connectivity index (χ0n) is 14.2. The van der Waals surface area contributed by atoms with E-state index < -0.39 is 18.2 Å². The summed E-state index contributed by atoms with van der Waals surface area (Å²) >= 11 is 2.16. The molecular weight excluding hydrogens is 457 g/mol. The van der Waals surface area contributed by atoms with E-state index in [1.807, 2.05) is 30.3 Å². The van der Waals surface area contributed by atoms with Crippen LogP contribution in [0, 0.1) is 14.9 Å². The summed E-state index contributed by atoms with van der Waals surface area (Å²) in [6.07, 6.45) is 3.18. The number of ether oxygens (including phenoxy) is 2. The molecule has 0 saturated heterocycles.